The van der Waals surface area contributed by atoms with Crippen molar-refractivity contribution in [2.24, 2.45) is 5.92 Å². The zero-order chi connectivity index (χ0) is 13.1. The van der Waals surface area contributed by atoms with Gasteiger partial charge < -0.3 is 15.5 Å². The van der Waals surface area contributed by atoms with Crippen LogP contribution in [-0.4, -0.2) is 28.0 Å². The van der Waals surface area contributed by atoms with Crippen LogP contribution in [0.1, 0.15) is 29.6 Å². The highest BCUT2D eigenvalue weighted by Gasteiger charge is 2.28. The maximum absolute atomic E-state index is 12.0. The first-order chi connectivity index (χ1) is 8.61. The summed E-state index contributed by atoms with van der Waals surface area (Å²) in [5.41, 5.74) is 0.174. The molecule has 0 radical (unpaired) electrons. The number of benzene rings is 1. The first-order valence-electron chi connectivity index (χ1n) is 6.00. The van der Waals surface area contributed by atoms with Gasteiger partial charge in [0.25, 0.3) is 5.91 Å². The maximum Gasteiger partial charge on any atom is 0.255 e. The van der Waals surface area contributed by atoms with Crippen LogP contribution in [0.4, 0.5) is 0 Å². The third-order valence-corrected chi connectivity index (χ3v) is 3.80. The van der Waals surface area contributed by atoms with Gasteiger partial charge in [-0.1, -0.05) is 6.42 Å². The third-order valence-electron chi connectivity index (χ3n) is 3.40. The standard InChI is InChI=1S/C13H16ClNO3/c14-7-8-2-1-3-11(8)15-13(18)10-5-4-9(16)6-12(10)17/h4-6,8,11,16-17H,1-3,7H2,(H,15,18). The predicted molar refractivity (Wildman–Crippen MR) is 69.1 cm³/mol. The van der Waals surface area contributed by atoms with E-state index in [-0.39, 0.29) is 29.0 Å². The van der Waals surface area contributed by atoms with E-state index in [1.54, 1.807) is 0 Å². The first kappa shape index (κ1) is 13.0. The lowest BCUT2D eigenvalue weighted by atomic mass is 10.1. The number of nitrogens with one attached hydrogen (secondary N) is 1. The minimum absolute atomic E-state index is 0.0662. The molecule has 1 aliphatic carbocycles. The average Bonchev–Trinajstić information content (AvgIpc) is 2.76. The number of aromatic hydroxyl groups is 2. The van der Waals surface area contributed by atoms with Crippen LogP contribution in [0.5, 0.6) is 11.5 Å². The number of rotatable bonds is 3. The van der Waals surface area contributed by atoms with Crippen molar-refractivity contribution in [3.05, 3.63) is 23.8 Å². The minimum Gasteiger partial charge on any atom is -0.508 e. The molecule has 2 rings (SSSR count). The van der Waals surface area contributed by atoms with Crippen LogP contribution < -0.4 is 5.32 Å². The maximum atomic E-state index is 12.0. The van der Waals surface area contributed by atoms with Crippen LogP contribution in [0.3, 0.4) is 0 Å². The van der Waals surface area contributed by atoms with Gasteiger partial charge in [0.05, 0.1) is 5.56 Å². The van der Waals surface area contributed by atoms with Gasteiger partial charge in [0.1, 0.15) is 11.5 Å². The summed E-state index contributed by atoms with van der Waals surface area (Å²) in [7, 11) is 0. The summed E-state index contributed by atoms with van der Waals surface area (Å²) in [5.74, 6) is 0.229. The molecule has 0 aliphatic heterocycles. The van der Waals surface area contributed by atoms with Gasteiger partial charge in [0, 0.05) is 18.0 Å². The summed E-state index contributed by atoms with van der Waals surface area (Å²) in [5, 5.41) is 21.7. The van der Waals surface area contributed by atoms with Gasteiger partial charge in [-0.3, -0.25) is 4.79 Å². The molecule has 0 saturated heterocycles. The molecule has 0 heterocycles. The fraction of sp³-hybridized carbons (Fsp3) is 0.462. The summed E-state index contributed by atoms with van der Waals surface area (Å²) >= 11 is 5.85. The van der Waals surface area contributed by atoms with Crippen molar-refractivity contribution in [2.45, 2.75) is 25.3 Å². The Hall–Kier alpha value is -1.42. The second kappa shape index (κ2) is 5.48. The number of carbonyl (C=O) groups excluding carboxylic acids is 1. The van der Waals surface area contributed by atoms with Gasteiger partial charge in [-0.25, -0.2) is 0 Å². The molecule has 5 heteroatoms. The first-order valence-corrected chi connectivity index (χ1v) is 6.54. The monoisotopic (exact) mass is 269 g/mol. The molecular weight excluding hydrogens is 254 g/mol. The zero-order valence-corrected chi connectivity index (χ0v) is 10.7. The van der Waals surface area contributed by atoms with Gasteiger partial charge in [-0.2, -0.15) is 0 Å². The number of amides is 1. The molecule has 1 amide bonds. The zero-order valence-electron chi connectivity index (χ0n) is 9.90. The molecule has 3 N–H and O–H groups in total. The van der Waals surface area contributed by atoms with E-state index in [9.17, 15) is 15.0 Å². The lowest BCUT2D eigenvalue weighted by Crippen LogP contribution is -2.37. The Morgan fingerprint density at radius 3 is 2.83 bits per heavy atom. The lowest BCUT2D eigenvalue weighted by molar-refractivity contribution is 0.0927. The van der Waals surface area contributed by atoms with E-state index < -0.39 is 0 Å². The van der Waals surface area contributed by atoms with Crippen LogP contribution in [-0.2, 0) is 0 Å². The van der Waals surface area contributed by atoms with Crippen LogP contribution in [0, 0.1) is 5.92 Å². The van der Waals surface area contributed by atoms with Crippen LogP contribution >= 0.6 is 11.6 Å². The summed E-state index contributed by atoms with van der Waals surface area (Å²) < 4.78 is 0. The molecule has 0 bridgehead atoms. The smallest absolute Gasteiger partial charge is 0.255 e. The Bertz CT molecular complexity index is 450. The number of alkyl halides is 1. The highest BCUT2D eigenvalue weighted by Crippen LogP contribution is 2.28. The molecule has 98 valence electrons. The van der Waals surface area contributed by atoms with Crippen molar-refractivity contribution in [1.82, 2.24) is 5.32 Å². The summed E-state index contributed by atoms with van der Waals surface area (Å²) in [6, 6.07) is 4.01. The Balaban J connectivity index is 2.07. The van der Waals surface area contributed by atoms with Crippen LogP contribution in [0.2, 0.25) is 0 Å². The number of hydrogen-bond donors (Lipinski definition) is 3. The van der Waals surface area contributed by atoms with Crippen molar-refractivity contribution in [3.8, 4) is 11.5 Å². The fourth-order valence-electron chi connectivity index (χ4n) is 2.37. The van der Waals surface area contributed by atoms with E-state index in [2.05, 4.69) is 5.32 Å². The SMILES string of the molecule is O=C(NC1CCCC1CCl)c1ccc(O)cc1O. The Morgan fingerprint density at radius 1 is 1.39 bits per heavy atom. The molecule has 18 heavy (non-hydrogen) atoms. The number of carbonyl (C=O) groups is 1. The van der Waals surface area contributed by atoms with E-state index >= 15 is 0 Å². The van der Waals surface area contributed by atoms with Crippen molar-refractivity contribution >= 4 is 17.5 Å². The van der Waals surface area contributed by atoms with Crippen molar-refractivity contribution in [3.63, 3.8) is 0 Å². The van der Waals surface area contributed by atoms with Crippen LogP contribution in [0.25, 0.3) is 0 Å². The molecule has 2 unspecified atom stereocenters. The van der Waals surface area contributed by atoms with Crippen molar-refractivity contribution in [1.29, 1.82) is 0 Å². The molecule has 1 aliphatic rings. The molecular formula is C13H16ClNO3. The number of hydrogen-bond acceptors (Lipinski definition) is 3. The normalized spacial score (nSPS) is 22.9. The van der Waals surface area contributed by atoms with Gasteiger partial charge in [-0.15, -0.1) is 11.6 Å². The van der Waals surface area contributed by atoms with E-state index in [0.717, 1.165) is 25.3 Å². The van der Waals surface area contributed by atoms with Crippen molar-refractivity contribution < 1.29 is 15.0 Å². The number of halogens is 1. The summed E-state index contributed by atoms with van der Waals surface area (Å²) in [6.07, 6.45) is 3.00. The molecule has 0 spiro atoms. The lowest BCUT2D eigenvalue weighted by Gasteiger charge is -2.19. The van der Waals surface area contributed by atoms with E-state index in [0.29, 0.717) is 11.8 Å². The molecule has 1 aromatic rings. The Morgan fingerprint density at radius 2 is 2.17 bits per heavy atom. The third kappa shape index (κ3) is 2.70. The van der Waals surface area contributed by atoms with Gasteiger partial charge in [0.2, 0.25) is 0 Å². The van der Waals surface area contributed by atoms with E-state index in [1.165, 1.54) is 12.1 Å². The Labute approximate surface area is 111 Å². The highest BCUT2D eigenvalue weighted by molar-refractivity contribution is 6.18. The Kier molecular flexibility index (Phi) is 3.97. The molecule has 1 fully saturated rings. The topological polar surface area (TPSA) is 69.6 Å². The second-order valence-corrected chi connectivity index (χ2v) is 4.94. The predicted octanol–water partition coefficient (Wildman–Crippen LogP) is 2.24. The molecule has 0 aromatic heterocycles. The fourth-order valence-corrected chi connectivity index (χ4v) is 2.74. The largest absolute Gasteiger partial charge is 0.508 e. The number of phenolic OH excluding ortho intramolecular Hbond substituents is 2. The highest BCUT2D eigenvalue weighted by atomic mass is 35.5. The van der Waals surface area contributed by atoms with E-state index in [1.807, 2.05) is 0 Å². The molecule has 1 aromatic carbocycles. The summed E-state index contributed by atoms with van der Waals surface area (Å²) in [4.78, 5) is 12.0. The molecule has 2 atom stereocenters. The van der Waals surface area contributed by atoms with E-state index in [4.69, 9.17) is 11.6 Å². The molecule has 1 saturated carbocycles. The quantitative estimate of drug-likeness (QED) is 0.737. The molecule has 4 nitrogen and oxygen atoms in total. The number of phenols is 2. The van der Waals surface area contributed by atoms with Gasteiger partial charge in [-0.05, 0) is 30.9 Å². The van der Waals surface area contributed by atoms with Crippen LogP contribution in [0.15, 0.2) is 18.2 Å². The summed E-state index contributed by atoms with van der Waals surface area (Å²) in [6.45, 7) is 0. The van der Waals surface area contributed by atoms with Gasteiger partial charge in [0.15, 0.2) is 0 Å². The van der Waals surface area contributed by atoms with Crippen molar-refractivity contribution in [2.75, 3.05) is 5.88 Å². The minimum atomic E-state index is -0.325. The van der Waals surface area contributed by atoms with Gasteiger partial charge >= 0.3 is 0 Å². The second-order valence-electron chi connectivity index (χ2n) is 4.63. The average molecular weight is 270 g/mol.